The van der Waals surface area contributed by atoms with Gasteiger partial charge >= 0.3 is 0 Å². The molecule has 1 aromatic carbocycles. The second kappa shape index (κ2) is 4.62. The molecular weight excluding hydrogens is 182 g/mol. The number of hydrogen-bond donors (Lipinski definition) is 1. The van der Waals surface area contributed by atoms with Crippen molar-refractivity contribution in [2.75, 3.05) is 20.8 Å². The predicted molar refractivity (Wildman–Crippen MR) is 52.9 cm³/mol. The van der Waals surface area contributed by atoms with Crippen LogP contribution >= 0.6 is 0 Å². The van der Waals surface area contributed by atoms with E-state index in [0.717, 1.165) is 0 Å². The first kappa shape index (κ1) is 10.5. The highest BCUT2D eigenvalue weighted by atomic mass is 16.5. The van der Waals surface area contributed by atoms with Crippen molar-refractivity contribution in [3.63, 3.8) is 0 Å². The first-order valence-electron chi connectivity index (χ1n) is 4.18. The molecule has 0 radical (unpaired) electrons. The Balaban J connectivity index is 3.14. The molecule has 14 heavy (non-hydrogen) atoms. The minimum absolute atomic E-state index is 0.0382. The quantitative estimate of drug-likeness (QED) is 0.723. The van der Waals surface area contributed by atoms with Gasteiger partial charge in [-0.05, 0) is 18.2 Å². The Morgan fingerprint density at radius 3 is 2.57 bits per heavy atom. The van der Waals surface area contributed by atoms with E-state index < -0.39 is 0 Å². The zero-order chi connectivity index (χ0) is 10.6. The molecule has 0 aromatic heterocycles. The van der Waals surface area contributed by atoms with Crippen LogP contribution in [0.4, 0.5) is 0 Å². The number of nitrogens with two attached hydrogens (primary N) is 1. The van der Waals surface area contributed by atoms with Gasteiger partial charge in [0.05, 0.1) is 26.3 Å². The summed E-state index contributed by atoms with van der Waals surface area (Å²) < 4.78 is 10.0. The van der Waals surface area contributed by atoms with E-state index in [1.165, 1.54) is 7.11 Å². The summed E-state index contributed by atoms with van der Waals surface area (Å²) in [7, 11) is 3.05. The highest BCUT2D eigenvalue weighted by Gasteiger charge is 2.11. The molecule has 0 fully saturated rings. The van der Waals surface area contributed by atoms with Gasteiger partial charge in [-0.15, -0.1) is 0 Å². The number of Topliss-reactive ketones (excluding diaryl/α,β-unsaturated/α-hetero) is 1. The van der Waals surface area contributed by atoms with Gasteiger partial charge < -0.3 is 15.2 Å². The van der Waals surface area contributed by atoms with Crippen molar-refractivity contribution >= 4 is 5.78 Å². The van der Waals surface area contributed by atoms with Crippen molar-refractivity contribution in [1.82, 2.24) is 0 Å². The summed E-state index contributed by atoms with van der Waals surface area (Å²) >= 11 is 0. The normalized spacial score (nSPS) is 9.64. The third-order valence-corrected chi connectivity index (χ3v) is 1.89. The lowest BCUT2D eigenvalue weighted by Crippen LogP contribution is -2.14. The molecule has 4 nitrogen and oxygen atoms in total. The number of hydrogen-bond acceptors (Lipinski definition) is 4. The fraction of sp³-hybridized carbons (Fsp3) is 0.300. The van der Waals surface area contributed by atoms with E-state index in [9.17, 15) is 4.79 Å². The number of ketones is 1. The van der Waals surface area contributed by atoms with Crippen LogP contribution in [0, 0.1) is 0 Å². The minimum Gasteiger partial charge on any atom is -0.497 e. The Hall–Kier alpha value is -1.55. The molecule has 1 aromatic rings. The molecule has 0 aliphatic carbocycles. The maximum absolute atomic E-state index is 11.4. The van der Waals surface area contributed by atoms with Gasteiger partial charge in [-0.2, -0.15) is 0 Å². The summed E-state index contributed by atoms with van der Waals surface area (Å²) in [4.78, 5) is 11.4. The second-order valence-electron chi connectivity index (χ2n) is 2.69. The molecular formula is C10H13NO3. The molecule has 76 valence electrons. The van der Waals surface area contributed by atoms with Crippen LogP contribution in [0.3, 0.4) is 0 Å². The topological polar surface area (TPSA) is 61.5 Å². The summed E-state index contributed by atoms with van der Waals surface area (Å²) in [5.41, 5.74) is 5.73. The smallest absolute Gasteiger partial charge is 0.180 e. The second-order valence-corrected chi connectivity index (χ2v) is 2.69. The van der Waals surface area contributed by atoms with Crippen molar-refractivity contribution in [2.24, 2.45) is 5.73 Å². The minimum atomic E-state index is -0.166. The first-order chi connectivity index (χ1) is 6.72. The fourth-order valence-electron chi connectivity index (χ4n) is 1.14. The van der Waals surface area contributed by atoms with Gasteiger partial charge in [0.15, 0.2) is 5.78 Å². The van der Waals surface area contributed by atoms with Crippen LogP contribution in [0.5, 0.6) is 11.5 Å². The molecule has 0 amide bonds. The molecule has 4 heteroatoms. The molecule has 0 spiro atoms. The standard InChI is InChI=1S/C10H13NO3/c1-13-7-3-4-10(14-2)8(5-7)9(12)6-11/h3-5H,6,11H2,1-2H3. The molecule has 0 atom stereocenters. The van der Waals surface area contributed by atoms with Crippen LogP contribution in [-0.2, 0) is 0 Å². The Labute approximate surface area is 82.6 Å². The third kappa shape index (κ3) is 2.03. The lowest BCUT2D eigenvalue weighted by Gasteiger charge is -2.08. The monoisotopic (exact) mass is 195 g/mol. The van der Waals surface area contributed by atoms with Crippen molar-refractivity contribution < 1.29 is 14.3 Å². The van der Waals surface area contributed by atoms with Crippen LogP contribution in [-0.4, -0.2) is 26.5 Å². The Kier molecular flexibility index (Phi) is 3.48. The van der Waals surface area contributed by atoms with E-state index in [4.69, 9.17) is 15.2 Å². The summed E-state index contributed by atoms with van der Waals surface area (Å²) in [6.45, 7) is -0.0382. The molecule has 0 aliphatic rings. The van der Waals surface area contributed by atoms with E-state index in [2.05, 4.69) is 0 Å². The average molecular weight is 195 g/mol. The zero-order valence-electron chi connectivity index (χ0n) is 8.24. The number of ether oxygens (including phenoxy) is 2. The summed E-state index contributed by atoms with van der Waals surface area (Å²) in [5.74, 6) is 0.963. The van der Waals surface area contributed by atoms with Gasteiger partial charge in [-0.3, -0.25) is 4.79 Å². The predicted octanol–water partition coefficient (Wildman–Crippen LogP) is 0.845. The number of methoxy groups -OCH3 is 2. The van der Waals surface area contributed by atoms with Crippen LogP contribution in [0.2, 0.25) is 0 Å². The molecule has 0 aliphatic heterocycles. The molecule has 0 heterocycles. The van der Waals surface area contributed by atoms with E-state index in [1.54, 1.807) is 25.3 Å². The van der Waals surface area contributed by atoms with Crippen molar-refractivity contribution in [1.29, 1.82) is 0 Å². The molecule has 0 saturated heterocycles. The highest BCUT2D eigenvalue weighted by Crippen LogP contribution is 2.23. The van der Waals surface area contributed by atoms with Crippen LogP contribution in [0.15, 0.2) is 18.2 Å². The van der Waals surface area contributed by atoms with Crippen LogP contribution in [0.25, 0.3) is 0 Å². The average Bonchev–Trinajstić information content (AvgIpc) is 2.27. The zero-order valence-corrected chi connectivity index (χ0v) is 8.24. The highest BCUT2D eigenvalue weighted by molar-refractivity contribution is 6.00. The Bertz CT molecular complexity index is 336. The van der Waals surface area contributed by atoms with Crippen molar-refractivity contribution in [3.8, 4) is 11.5 Å². The third-order valence-electron chi connectivity index (χ3n) is 1.89. The van der Waals surface area contributed by atoms with Gasteiger partial charge in [0.1, 0.15) is 11.5 Å². The lowest BCUT2D eigenvalue weighted by molar-refractivity contribution is 0.0998. The summed E-state index contributed by atoms with van der Waals surface area (Å²) in [6, 6.07) is 5.03. The number of carbonyl (C=O) groups excluding carboxylic acids is 1. The maximum atomic E-state index is 11.4. The fourth-order valence-corrected chi connectivity index (χ4v) is 1.14. The molecule has 0 unspecified atom stereocenters. The molecule has 1 rings (SSSR count). The molecule has 2 N–H and O–H groups in total. The van der Waals surface area contributed by atoms with E-state index in [1.807, 2.05) is 0 Å². The lowest BCUT2D eigenvalue weighted by atomic mass is 10.1. The largest absolute Gasteiger partial charge is 0.497 e. The van der Waals surface area contributed by atoms with Gasteiger partial charge in [-0.1, -0.05) is 0 Å². The van der Waals surface area contributed by atoms with Crippen molar-refractivity contribution in [3.05, 3.63) is 23.8 Å². The summed E-state index contributed by atoms with van der Waals surface area (Å²) in [6.07, 6.45) is 0. The molecule has 0 saturated carbocycles. The number of benzene rings is 1. The van der Waals surface area contributed by atoms with E-state index >= 15 is 0 Å². The maximum Gasteiger partial charge on any atom is 0.180 e. The van der Waals surface area contributed by atoms with E-state index in [0.29, 0.717) is 17.1 Å². The first-order valence-corrected chi connectivity index (χ1v) is 4.18. The van der Waals surface area contributed by atoms with E-state index in [-0.39, 0.29) is 12.3 Å². The SMILES string of the molecule is COc1ccc(OC)c(C(=O)CN)c1. The summed E-state index contributed by atoms with van der Waals surface area (Å²) in [5, 5.41) is 0. The Morgan fingerprint density at radius 1 is 1.36 bits per heavy atom. The van der Waals surface area contributed by atoms with Gasteiger partial charge in [0.2, 0.25) is 0 Å². The number of rotatable bonds is 4. The van der Waals surface area contributed by atoms with Gasteiger partial charge in [-0.25, -0.2) is 0 Å². The van der Waals surface area contributed by atoms with Crippen LogP contribution in [0.1, 0.15) is 10.4 Å². The van der Waals surface area contributed by atoms with Gasteiger partial charge in [0, 0.05) is 0 Å². The van der Waals surface area contributed by atoms with Crippen LogP contribution < -0.4 is 15.2 Å². The van der Waals surface area contributed by atoms with Gasteiger partial charge in [0.25, 0.3) is 0 Å². The Morgan fingerprint density at radius 2 is 2.07 bits per heavy atom. The molecule has 0 bridgehead atoms. The number of carbonyl (C=O) groups is 1. The van der Waals surface area contributed by atoms with Crippen molar-refractivity contribution in [2.45, 2.75) is 0 Å².